The van der Waals surface area contributed by atoms with Gasteiger partial charge in [0.15, 0.2) is 0 Å². The average molecular weight is 325 g/mol. The van der Waals surface area contributed by atoms with Crippen LogP contribution in [0.4, 0.5) is 0 Å². The van der Waals surface area contributed by atoms with Crippen molar-refractivity contribution in [3.63, 3.8) is 0 Å². The Morgan fingerprint density at radius 3 is 2.70 bits per heavy atom. The summed E-state index contributed by atoms with van der Waals surface area (Å²) in [6.07, 6.45) is 0. The highest BCUT2D eigenvalue weighted by molar-refractivity contribution is 7.99. The van der Waals surface area contributed by atoms with Crippen LogP contribution < -0.4 is 5.32 Å². The van der Waals surface area contributed by atoms with E-state index in [1.165, 1.54) is 5.56 Å². The summed E-state index contributed by atoms with van der Waals surface area (Å²) in [7, 11) is 0. The SMILES string of the molecule is C[C@@H](NC(=O)CSCc1ccccc1)c1nc2ccccc2[nH]1. The first-order valence-corrected chi connectivity index (χ1v) is 8.73. The van der Waals surface area contributed by atoms with Crippen LogP contribution in [0.1, 0.15) is 24.4 Å². The summed E-state index contributed by atoms with van der Waals surface area (Å²) in [6, 6.07) is 17.9. The molecule has 0 aliphatic rings. The molecular weight excluding hydrogens is 306 g/mol. The molecule has 0 aliphatic heterocycles. The Morgan fingerprint density at radius 1 is 1.17 bits per heavy atom. The summed E-state index contributed by atoms with van der Waals surface area (Å²) in [6.45, 7) is 1.94. The number of imidazole rings is 1. The van der Waals surface area contributed by atoms with Gasteiger partial charge in [-0.05, 0) is 24.6 Å². The quantitative estimate of drug-likeness (QED) is 0.727. The molecule has 4 nitrogen and oxygen atoms in total. The fourth-order valence-corrected chi connectivity index (χ4v) is 3.16. The van der Waals surface area contributed by atoms with Gasteiger partial charge in [-0.25, -0.2) is 4.98 Å². The minimum absolute atomic E-state index is 0.0267. The molecule has 0 fully saturated rings. The number of amides is 1. The van der Waals surface area contributed by atoms with Gasteiger partial charge in [-0.2, -0.15) is 0 Å². The Labute approximate surface area is 139 Å². The van der Waals surface area contributed by atoms with Crippen molar-refractivity contribution < 1.29 is 4.79 Å². The van der Waals surface area contributed by atoms with Crippen molar-refractivity contribution in [2.45, 2.75) is 18.7 Å². The molecule has 2 aromatic carbocycles. The molecule has 0 radical (unpaired) electrons. The lowest BCUT2D eigenvalue weighted by atomic mass is 10.2. The number of benzene rings is 2. The third-order valence-electron chi connectivity index (χ3n) is 3.54. The van der Waals surface area contributed by atoms with Crippen LogP contribution in [0.2, 0.25) is 0 Å². The number of hydrogen-bond donors (Lipinski definition) is 2. The van der Waals surface area contributed by atoms with E-state index in [2.05, 4.69) is 27.4 Å². The first-order valence-electron chi connectivity index (χ1n) is 7.58. The number of rotatable bonds is 6. The number of nitrogens with one attached hydrogen (secondary N) is 2. The van der Waals surface area contributed by atoms with Crippen molar-refractivity contribution in [2.75, 3.05) is 5.75 Å². The number of nitrogens with zero attached hydrogens (tertiary/aromatic N) is 1. The van der Waals surface area contributed by atoms with Gasteiger partial charge in [0.05, 0.1) is 22.8 Å². The van der Waals surface area contributed by atoms with E-state index in [9.17, 15) is 4.79 Å². The second kappa shape index (κ2) is 7.33. The third-order valence-corrected chi connectivity index (χ3v) is 4.54. The monoisotopic (exact) mass is 325 g/mol. The summed E-state index contributed by atoms with van der Waals surface area (Å²) in [4.78, 5) is 19.8. The van der Waals surface area contributed by atoms with E-state index in [0.717, 1.165) is 22.6 Å². The van der Waals surface area contributed by atoms with Crippen LogP contribution in [-0.2, 0) is 10.5 Å². The first-order chi connectivity index (χ1) is 11.2. The number of carbonyl (C=O) groups is 1. The molecular formula is C18H19N3OS. The van der Waals surface area contributed by atoms with Crippen molar-refractivity contribution in [2.24, 2.45) is 0 Å². The maximum absolute atomic E-state index is 12.1. The lowest BCUT2D eigenvalue weighted by Crippen LogP contribution is -2.28. The summed E-state index contributed by atoms with van der Waals surface area (Å²) in [5, 5.41) is 2.99. The number of aromatic nitrogens is 2. The molecule has 0 unspecified atom stereocenters. The van der Waals surface area contributed by atoms with Gasteiger partial charge in [-0.1, -0.05) is 42.5 Å². The number of H-pyrrole nitrogens is 1. The predicted molar refractivity (Wildman–Crippen MR) is 95.3 cm³/mol. The summed E-state index contributed by atoms with van der Waals surface area (Å²) in [5.74, 6) is 2.10. The van der Waals surface area contributed by atoms with Gasteiger partial charge in [-0.3, -0.25) is 4.79 Å². The molecule has 0 saturated heterocycles. The van der Waals surface area contributed by atoms with Gasteiger partial charge in [0.1, 0.15) is 5.82 Å². The van der Waals surface area contributed by atoms with E-state index in [0.29, 0.717) is 5.75 Å². The maximum atomic E-state index is 12.1. The lowest BCUT2D eigenvalue weighted by molar-refractivity contribution is -0.119. The predicted octanol–water partition coefficient (Wildman–Crippen LogP) is 3.67. The minimum Gasteiger partial charge on any atom is -0.346 e. The van der Waals surface area contributed by atoms with E-state index >= 15 is 0 Å². The number of para-hydroxylation sites is 2. The molecule has 0 spiro atoms. The smallest absolute Gasteiger partial charge is 0.230 e. The number of hydrogen-bond acceptors (Lipinski definition) is 3. The van der Waals surface area contributed by atoms with Gasteiger partial charge < -0.3 is 10.3 Å². The van der Waals surface area contributed by atoms with E-state index in [1.54, 1.807) is 11.8 Å². The Bertz CT molecular complexity index is 752. The van der Waals surface area contributed by atoms with Crippen molar-refractivity contribution >= 4 is 28.7 Å². The van der Waals surface area contributed by atoms with Gasteiger partial charge in [-0.15, -0.1) is 11.8 Å². The van der Waals surface area contributed by atoms with E-state index in [-0.39, 0.29) is 11.9 Å². The fraction of sp³-hybridized carbons (Fsp3) is 0.222. The maximum Gasteiger partial charge on any atom is 0.230 e. The number of fused-ring (bicyclic) bond motifs is 1. The number of aromatic amines is 1. The molecule has 3 aromatic rings. The van der Waals surface area contributed by atoms with Gasteiger partial charge in [0.25, 0.3) is 0 Å². The zero-order chi connectivity index (χ0) is 16.1. The van der Waals surface area contributed by atoms with Crippen molar-refractivity contribution in [1.29, 1.82) is 0 Å². The average Bonchev–Trinajstić information content (AvgIpc) is 3.00. The van der Waals surface area contributed by atoms with Crippen molar-refractivity contribution in [3.05, 3.63) is 66.0 Å². The highest BCUT2D eigenvalue weighted by Crippen LogP contribution is 2.16. The second-order valence-corrected chi connectivity index (χ2v) is 6.39. The molecule has 5 heteroatoms. The molecule has 1 amide bonds. The lowest BCUT2D eigenvalue weighted by Gasteiger charge is -2.11. The van der Waals surface area contributed by atoms with E-state index in [4.69, 9.17) is 0 Å². The Hall–Kier alpha value is -2.27. The van der Waals surface area contributed by atoms with Crippen molar-refractivity contribution in [1.82, 2.24) is 15.3 Å². The molecule has 23 heavy (non-hydrogen) atoms. The number of carbonyl (C=O) groups excluding carboxylic acids is 1. The third kappa shape index (κ3) is 4.13. The Balaban J connectivity index is 1.51. The first kappa shape index (κ1) is 15.6. The van der Waals surface area contributed by atoms with Crippen LogP contribution in [0, 0.1) is 0 Å². The highest BCUT2D eigenvalue weighted by atomic mass is 32.2. The van der Waals surface area contributed by atoms with Crippen LogP contribution in [0.3, 0.4) is 0 Å². The summed E-state index contributed by atoms with van der Waals surface area (Å²) in [5.41, 5.74) is 3.14. The van der Waals surface area contributed by atoms with Crippen LogP contribution in [-0.4, -0.2) is 21.6 Å². The second-order valence-electron chi connectivity index (χ2n) is 5.41. The molecule has 0 aliphatic carbocycles. The van der Waals surface area contributed by atoms with Gasteiger partial charge >= 0.3 is 0 Å². The minimum atomic E-state index is -0.132. The molecule has 3 rings (SSSR count). The van der Waals surface area contributed by atoms with Crippen molar-refractivity contribution in [3.8, 4) is 0 Å². The molecule has 2 N–H and O–H groups in total. The van der Waals surface area contributed by atoms with E-state index in [1.807, 2.05) is 49.4 Å². The van der Waals surface area contributed by atoms with Crippen LogP contribution >= 0.6 is 11.8 Å². The highest BCUT2D eigenvalue weighted by Gasteiger charge is 2.13. The Kier molecular flexibility index (Phi) is 4.98. The molecule has 1 aromatic heterocycles. The summed E-state index contributed by atoms with van der Waals surface area (Å²) >= 11 is 1.61. The topological polar surface area (TPSA) is 57.8 Å². The van der Waals surface area contributed by atoms with Gasteiger partial charge in [0, 0.05) is 5.75 Å². The Morgan fingerprint density at radius 2 is 1.91 bits per heavy atom. The molecule has 1 heterocycles. The zero-order valence-corrected chi connectivity index (χ0v) is 13.8. The van der Waals surface area contributed by atoms with E-state index < -0.39 is 0 Å². The molecule has 0 bridgehead atoms. The van der Waals surface area contributed by atoms with Crippen LogP contribution in [0.15, 0.2) is 54.6 Å². The van der Waals surface area contributed by atoms with Crippen LogP contribution in [0.5, 0.6) is 0 Å². The standard InChI is InChI=1S/C18H19N3OS/c1-13(18-20-15-9-5-6-10-16(15)21-18)19-17(22)12-23-11-14-7-3-2-4-8-14/h2-10,13H,11-12H2,1H3,(H,19,22)(H,20,21)/t13-/m1/s1. The zero-order valence-electron chi connectivity index (χ0n) is 13.0. The largest absolute Gasteiger partial charge is 0.346 e. The molecule has 1 atom stereocenters. The normalized spacial score (nSPS) is 12.2. The van der Waals surface area contributed by atoms with Crippen LogP contribution in [0.25, 0.3) is 11.0 Å². The van der Waals surface area contributed by atoms with Gasteiger partial charge in [0.2, 0.25) is 5.91 Å². The summed E-state index contributed by atoms with van der Waals surface area (Å²) < 4.78 is 0. The fourth-order valence-electron chi connectivity index (χ4n) is 2.36. The molecule has 0 saturated carbocycles. The molecule has 118 valence electrons. The number of thioether (sulfide) groups is 1.